The summed E-state index contributed by atoms with van der Waals surface area (Å²) in [5.74, 6) is 1.80. The Bertz CT molecular complexity index is 991. The molecule has 0 aliphatic heterocycles. The van der Waals surface area contributed by atoms with Gasteiger partial charge in [-0.1, -0.05) is 20.8 Å². The predicted octanol–water partition coefficient (Wildman–Crippen LogP) is 3.31. The van der Waals surface area contributed by atoms with E-state index in [1.54, 1.807) is 24.5 Å². The highest BCUT2D eigenvalue weighted by molar-refractivity contribution is 9.10. The Kier molecular flexibility index (Phi) is 5.70. The maximum Gasteiger partial charge on any atom is 0.283 e. The molecule has 3 aliphatic rings. The average molecular weight is 474 g/mol. The summed E-state index contributed by atoms with van der Waals surface area (Å²) in [5.41, 5.74) is 1.45. The lowest BCUT2D eigenvalue weighted by molar-refractivity contribution is -0.105. The predicted molar refractivity (Wildman–Crippen MR) is 119 cm³/mol. The molecule has 0 aromatic carbocycles. The minimum Gasteiger partial charge on any atom is -0.380 e. The molecule has 0 radical (unpaired) electrons. The largest absolute Gasteiger partial charge is 0.380 e. The molecule has 2 N–H and O–H groups in total. The fraction of sp³-hybridized carbons (Fsp3) is 0.545. The summed E-state index contributed by atoms with van der Waals surface area (Å²) < 4.78 is 1.85. The van der Waals surface area contributed by atoms with Crippen molar-refractivity contribution in [2.45, 2.75) is 46.2 Å². The van der Waals surface area contributed by atoms with Crippen molar-refractivity contribution in [3.63, 3.8) is 0 Å². The van der Waals surface area contributed by atoms with E-state index in [9.17, 15) is 9.59 Å². The molecule has 2 aromatic heterocycles. The standard InChI is InChI=1S/C22H28BrN5O2/c1-13-16-9-15(22(16,2)3)10-17(13)27-18-12-26-28(21(30)19(18)23)8-7-25-20(29)14-5-4-6-24-11-14/h4-6,11-13,15-17,27H,7-10H2,1-3H3,(H,25,29)/t13-,15+,16+,17+/m0/s1. The van der Waals surface area contributed by atoms with Gasteiger partial charge in [0.05, 0.1) is 24.0 Å². The third-order valence-electron chi connectivity index (χ3n) is 7.21. The van der Waals surface area contributed by atoms with Crippen LogP contribution in [-0.4, -0.2) is 33.3 Å². The number of halogens is 1. The molecule has 0 unspecified atom stereocenters. The van der Waals surface area contributed by atoms with Crippen molar-refractivity contribution in [2.24, 2.45) is 23.2 Å². The third-order valence-corrected chi connectivity index (χ3v) is 7.98. The first-order chi connectivity index (χ1) is 14.3. The second-order valence-electron chi connectivity index (χ2n) is 9.10. The number of aromatic nitrogens is 3. The van der Waals surface area contributed by atoms with Gasteiger partial charge in [0, 0.05) is 25.0 Å². The second kappa shape index (κ2) is 8.13. The van der Waals surface area contributed by atoms with Gasteiger partial charge >= 0.3 is 0 Å². The van der Waals surface area contributed by atoms with Crippen LogP contribution < -0.4 is 16.2 Å². The van der Waals surface area contributed by atoms with Crippen LogP contribution in [0.15, 0.2) is 40.0 Å². The summed E-state index contributed by atoms with van der Waals surface area (Å²) in [7, 11) is 0. The van der Waals surface area contributed by atoms with Crippen molar-refractivity contribution in [2.75, 3.05) is 11.9 Å². The van der Waals surface area contributed by atoms with Gasteiger partial charge in [0.2, 0.25) is 0 Å². The minimum absolute atomic E-state index is 0.204. The number of nitrogens with one attached hydrogen (secondary N) is 2. The Labute approximate surface area is 184 Å². The van der Waals surface area contributed by atoms with E-state index in [1.165, 1.54) is 17.3 Å². The van der Waals surface area contributed by atoms with Crippen molar-refractivity contribution < 1.29 is 4.79 Å². The van der Waals surface area contributed by atoms with E-state index in [0.717, 1.165) is 23.9 Å². The van der Waals surface area contributed by atoms with Gasteiger partial charge in [-0.15, -0.1) is 0 Å². The van der Waals surface area contributed by atoms with E-state index >= 15 is 0 Å². The number of fused-ring (bicyclic) bond motifs is 2. The zero-order valence-corrected chi connectivity index (χ0v) is 19.1. The molecule has 0 spiro atoms. The topological polar surface area (TPSA) is 88.9 Å². The van der Waals surface area contributed by atoms with Gasteiger partial charge in [-0.2, -0.15) is 5.10 Å². The van der Waals surface area contributed by atoms with Crippen molar-refractivity contribution in [3.8, 4) is 0 Å². The van der Waals surface area contributed by atoms with Crippen LogP contribution in [0.25, 0.3) is 0 Å². The molecule has 160 valence electrons. The van der Waals surface area contributed by atoms with Gasteiger partial charge in [-0.25, -0.2) is 4.68 Å². The number of hydrogen-bond acceptors (Lipinski definition) is 5. The van der Waals surface area contributed by atoms with Crippen LogP contribution >= 0.6 is 15.9 Å². The lowest BCUT2D eigenvalue weighted by Crippen LogP contribution is -2.58. The fourth-order valence-corrected chi connectivity index (χ4v) is 5.56. The average Bonchev–Trinajstić information content (AvgIpc) is 2.74. The number of carbonyl (C=O) groups excluding carboxylic acids is 1. The molecular formula is C22H28BrN5O2. The van der Waals surface area contributed by atoms with E-state index in [4.69, 9.17) is 0 Å². The number of anilines is 1. The van der Waals surface area contributed by atoms with E-state index in [0.29, 0.717) is 40.5 Å². The highest BCUT2D eigenvalue weighted by atomic mass is 79.9. The van der Waals surface area contributed by atoms with Crippen LogP contribution in [0.3, 0.4) is 0 Å². The molecule has 0 saturated heterocycles. The maximum absolute atomic E-state index is 12.7. The Morgan fingerprint density at radius 2 is 2.13 bits per heavy atom. The Morgan fingerprint density at radius 1 is 1.33 bits per heavy atom. The molecule has 3 aliphatic carbocycles. The molecule has 7 nitrogen and oxygen atoms in total. The molecule has 2 bridgehead atoms. The molecule has 3 fully saturated rings. The second-order valence-corrected chi connectivity index (χ2v) is 9.90. The zero-order chi connectivity index (χ0) is 21.5. The van der Waals surface area contributed by atoms with Crippen LogP contribution in [0.4, 0.5) is 5.69 Å². The molecule has 4 atom stereocenters. The van der Waals surface area contributed by atoms with E-state index in [1.807, 2.05) is 0 Å². The van der Waals surface area contributed by atoms with Crippen LogP contribution in [-0.2, 0) is 6.54 Å². The van der Waals surface area contributed by atoms with Crippen molar-refractivity contribution in [1.29, 1.82) is 0 Å². The molecule has 2 heterocycles. The fourth-order valence-electron chi connectivity index (χ4n) is 5.14. The van der Waals surface area contributed by atoms with Gasteiger partial charge in [0.15, 0.2) is 0 Å². The van der Waals surface area contributed by atoms with Crippen LogP contribution in [0.5, 0.6) is 0 Å². The molecule has 1 amide bonds. The number of hydrogen-bond donors (Lipinski definition) is 2. The Balaban J connectivity index is 1.37. The van der Waals surface area contributed by atoms with E-state index < -0.39 is 0 Å². The molecule has 30 heavy (non-hydrogen) atoms. The molecule has 5 rings (SSSR count). The lowest BCUT2D eigenvalue weighted by atomic mass is 9.45. The highest BCUT2D eigenvalue weighted by Crippen LogP contribution is 2.61. The maximum atomic E-state index is 12.7. The third kappa shape index (κ3) is 3.77. The van der Waals surface area contributed by atoms with Crippen LogP contribution in [0.2, 0.25) is 0 Å². The van der Waals surface area contributed by atoms with Gasteiger partial charge in [0.25, 0.3) is 11.5 Å². The summed E-state index contributed by atoms with van der Waals surface area (Å²) in [4.78, 5) is 28.8. The summed E-state index contributed by atoms with van der Waals surface area (Å²) in [6.45, 7) is 7.67. The first-order valence-electron chi connectivity index (χ1n) is 10.5. The lowest BCUT2D eigenvalue weighted by Gasteiger charge is -2.62. The van der Waals surface area contributed by atoms with Gasteiger partial charge in [0.1, 0.15) is 4.47 Å². The number of carbonyl (C=O) groups is 1. The first kappa shape index (κ1) is 21.0. The van der Waals surface area contributed by atoms with E-state index in [-0.39, 0.29) is 11.5 Å². The SMILES string of the molecule is C[C@H]1[C@H]2C[C@H](C[C@H]1Nc1cnn(CCNC(=O)c3cccnc3)c(=O)c1Br)C2(C)C. The van der Waals surface area contributed by atoms with Crippen LogP contribution in [0.1, 0.15) is 44.0 Å². The number of nitrogens with zero attached hydrogens (tertiary/aromatic N) is 3. The zero-order valence-electron chi connectivity index (χ0n) is 17.6. The molecular weight excluding hydrogens is 446 g/mol. The van der Waals surface area contributed by atoms with Gasteiger partial charge in [-0.3, -0.25) is 14.6 Å². The monoisotopic (exact) mass is 473 g/mol. The first-order valence-corrected chi connectivity index (χ1v) is 11.3. The Hall–Kier alpha value is -2.22. The molecule has 2 aromatic rings. The van der Waals surface area contributed by atoms with Gasteiger partial charge < -0.3 is 10.6 Å². The summed E-state index contributed by atoms with van der Waals surface area (Å²) in [5, 5.41) is 10.7. The number of amides is 1. The van der Waals surface area contributed by atoms with Crippen molar-refractivity contribution >= 4 is 27.5 Å². The summed E-state index contributed by atoms with van der Waals surface area (Å²) in [6, 6.07) is 3.76. The quantitative estimate of drug-likeness (QED) is 0.671. The molecule has 8 heteroatoms. The van der Waals surface area contributed by atoms with Gasteiger partial charge in [-0.05, 0) is 64.1 Å². The van der Waals surface area contributed by atoms with Crippen molar-refractivity contribution in [3.05, 3.63) is 51.1 Å². The highest BCUT2D eigenvalue weighted by Gasteiger charge is 2.56. The molecule has 3 saturated carbocycles. The smallest absolute Gasteiger partial charge is 0.283 e. The summed E-state index contributed by atoms with van der Waals surface area (Å²) >= 11 is 3.45. The summed E-state index contributed by atoms with van der Waals surface area (Å²) in [6.07, 6.45) is 7.27. The number of pyridine rings is 1. The Morgan fingerprint density at radius 3 is 2.80 bits per heavy atom. The minimum atomic E-state index is -0.221. The van der Waals surface area contributed by atoms with E-state index in [2.05, 4.69) is 57.4 Å². The van der Waals surface area contributed by atoms with Crippen molar-refractivity contribution in [1.82, 2.24) is 20.1 Å². The normalized spacial score (nSPS) is 26.5. The van der Waals surface area contributed by atoms with Crippen LogP contribution in [0, 0.1) is 23.2 Å². The number of rotatable bonds is 6.